The molecule has 0 aliphatic carbocycles. The number of ether oxygens (including phenoxy) is 3. The molecule has 2 aromatic carbocycles. The van der Waals surface area contributed by atoms with Crippen molar-refractivity contribution in [3.8, 4) is 11.1 Å². The highest BCUT2D eigenvalue weighted by molar-refractivity contribution is 5.63. The summed E-state index contributed by atoms with van der Waals surface area (Å²) in [4.78, 5) is 0. The van der Waals surface area contributed by atoms with Crippen molar-refractivity contribution in [1.82, 2.24) is 0 Å². The first-order valence-corrected chi connectivity index (χ1v) is 12.4. The molecule has 1 unspecified atom stereocenters. The number of hydrogen-bond acceptors (Lipinski definition) is 3. The van der Waals surface area contributed by atoms with E-state index in [-0.39, 0.29) is 11.7 Å². The van der Waals surface area contributed by atoms with Gasteiger partial charge in [-0.15, -0.1) is 0 Å². The second-order valence-electron chi connectivity index (χ2n) is 8.14. The van der Waals surface area contributed by atoms with Gasteiger partial charge in [0, 0.05) is 19.8 Å². The van der Waals surface area contributed by atoms with E-state index in [9.17, 15) is 4.39 Å². The first-order valence-electron chi connectivity index (χ1n) is 12.4. The van der Waals surface area contributed by atoms with E-state index >= 15 is 0 Å². The van der Waals surface area contributed by atoms with Gasteiger partial charge in [-0.1, -0.05) is 81.8 Å². The molecule has 0 fully saturated rings. The van der Waals surface area contributed by atoms with Gasteiger partial charge in [0.25, 0.3) is 5.97 Å². The highest BCUT2D eigenvalue weighted by Crippen LogP contribution is 2.39. The monoisotopic (exact) mass is 444 g/mol. The first kappa shape index (κ1) is 26.5. The Bertz CT molecular complexity index is 725. The van der Waals surface area contributed by atoms with E-state index in [1.54, 1.807) is 0 Å². The Balaban J connectivity index is 2.27. The van der Waals surface area contributed by atoms with Crippen LogP contribution in [-0.4, -0.2) is 25.8 Å². The number of benzene rings is 2. The highest BCUT2D eigenvalue weighted by atomic mass is 19.1. The van der Waals surface area contributed by atoms with Crippen LogP contribution < -0.4 is 0 Å². The van der Waals surface area contributed by atoms with Gasteiger partial charge in [-0.2, -0.15) is 0 Å². The molecule has 0 saturated carbocycles. The molecule has 0 aliphatic heterocycles. The van der Waals surface area contributed by atoms with Gasteiger partial charge in [0.15, 0.2) is 0 Å². The minimum atomic E-state index is -1.08. The van der Waals surface area contributed by atoms with E-state index < -0.39 is 5.97 Å². The van der Waals surface area contributed by atoms with Crippen molar-refractivity contribution in [2.75, 3.05) is 19.8 Å². The minimum absolute atomic E-state index is 0.0317. The summed E-state index contributed by atoms with van der Waals surface area (Å²) < 4.78 is 31.8. The predicted molar refractivity (Wildman–Crippen MR) is 130 cm³/mol. The lowest BCUT2D eigenvalue weighted by Crippen LogP contribution is -2.45. The summed E-state index contributed by atoms with van der Waals surface area (Å²) in [7, 11) is 0. The second-order valence-corrected chi connectivity index (χ2v) is 8.14. The van der Waals surface area contributed by atoms with Crippen LogP contribution in [0.3, 0.4) is 0 Å². The zero-order valence-electron chi connectivity index (χ0n) is 20.4. The summed E-state index contributed by atoms with van der Waals surface area (Å²) in [5.74, 6) is -1.34. The fourth-order valence-corrected chi connectivity index (χ4v) is 4.26. The van der Waals surface area contributed by atoms with E-state index in [0.29, 0.717) is 19.8 Å². The first-order chi connectivity index (χ1) is 15.6. The van der Waals surface area contributed by atoms with Crippen molar-refractivity contribution >= 4 is 0 Å². The summed E-state index contributed by atoms with van der Waals surface area (Å²) in [6, 6.07) is 15.0. The quantitative estimate of drug-likeness (QED) is 0.193. The van der Waals surface area contributed by atoms with Crippen molar-refractivity contribution in [3.63, 3.8) is 0 Å². The second kappa shape index (κ2) is 14.4. The third-order valence-electron chi connectivity index (χ3n) is 5.80. The van der Waals surface area contributed by atoms with Crippen LogP contribution in [0.15, 0.2) is 48.5 Å². The van der Waals surface area contributed by atoms with Crippen molar-refractivity contribution < 1.29 is 18.6 Å². The molecule has 1 atom stereocenters. The summed E-state index contributed by atoms with van der Waals surface area (Å²) in [5.41, 5.74) is 3.19. The SMILES string of the molecule is CCCCCCCCC(c1ccc(-c2ccc(F)cc2)cc1)C(OCC)(OCC)OCC. The number of rotatable bonds is 16. The van der Waals surface area contributed by atoms with Gasteiger partial charge < -0.3 is 14.2 Å². The third-order valence-corrected chi connectivity index (χ3v) is 5.80. The zero-order valence-corrected chi connectivity index (χ0v) is 20.4. The summed E-state index contributed by atoms with van der Waals surface area (Å²) in [6.45, 7) is 9.72. The molecule has 2 rings (SSSR count). The van der Waals surface area contributed by atoms with Crippen molar-refractivity contribution in [3.05, 3.63) is 59.9 Å². The summed E-state index contributed by atoms with van der Waals surface area (Å²) >= 11 is 0. The van der Waals surface area contributed by atoms with Crippen LogP contribution in [0, 0.1) is 5.82 Å². The van der Waals surface area contributed by atoms with Crippen molar-refractivity contribution in [1.29, 1.82) is 0 Å². The van der Waals surface area contributed by atoms with Gasteiger partial charge in [-0.3, -0.25) is 0 Å². The smallest absolute Gasteiger partial charge is 0.290 e. The van der Waals surface area contributed by atoms with Gasteiger partial charge in [-0.05, 0) is 56.0 Å². The van der Waals surface area contributed by atoms with Crippen LogP contribution in [0.25, 0.3) is 11.1 Å². The lowest BCUT2D eigenvalue weighted by Gasteiger charge is -2.39. The number of unbranched alkanes of at least 4 members (excludes halogenated alkanes) is 5. The van der Waals surface area contributed by atoms with Gasteiger partial charge >= 0.3 is 0 Å². The normalized spacial score (nSPS) is 12.8. The van der Waals surface area contributed by atoms with Crippen LogP contribution in [0.1, 0.15) is 84.1 Å². The van der Waals surface area contributed by atoms with E-state index in [1.807, 2.05) is 32.9 Å². The Hall–Kier alpha value is -1.75. The average molecular weight is 445 g/mol. The van der Waals surface area contributed by atoms with Gasteiger partial charge in [-0.25, -0.2) is 4.39 Å². The van der Waals surface area contributed by atoms with Crippen LogP contribution in [0.2, 0.25) is 0 Å². The standard InChI is InChI=1S/C28H41FO3/c1-5-9-10-11-12-13-14-27(28(30-6-2,31-7-3)32-8-4)25-17-15-23(16-18-25)24-19-21-26(29)22-20-24/h15-22,27H,5-14H2,1-4H3. The Morgan fingerprint density at radius 3 is 1.62 bits per heavy atom. The topological polar surface area (TPSA) is 27.7 Å². The van der Waals surface area contributed by atoms with Crippen LogP contribution >= 0.6 is 0 Å². The van der Waals surface area contributed by atoms with Gasteiger partial charge in [0.05, 0.1) is 5.92 Å². The van der Waals surface area contributed by atoms with E-state index in [0.717, 1.165) is 29.5 Å². The Morgan fingerprint density at radius 1 is 0.656 bits per heavy atom. The summed E-state index contributed by atoms with van der Waals surface area (Å²) in [6.07, 6.45) is 8.34. The van der Waals surface area contributed by atoms with Crippen LogP contribution in [-0.2, 0) is 14.2 Å². The van der Waals surface area contributed by atoms with Crippen LogP contribution in [0.4, 0.5) is 4.39 Å². The lowest BCUT2D eigenvalue weighted by atomic mass is 9.89. The molecule has 0 N–H and O–H groups in total. The molecule has 178 valence electrons. The molecular formula is C28H41FO3. The minimum Gasteiger partial charge on any atom is -0.327 e. The molecule has 0 bridgehead atoms. The molecule has 0 aromatic heterocycles. The Morgan fingerprint density at radius 2 is 1.12 bits per heavy atom. The van der Waals surface area contributed by atoms with Crippen molar-refractivity contribution in [2.24, 2.45) is 0 Å². The molecule has 0 spiro atoms. The fourth-order valence-electron chi connectivity index (χ4n) is 4.26. The van der Waals surface area contributed by atoms with E-state index in [1.165, 1.54) is 44.2 Å². The lowest BCUT2D eigenvalue weighted by molar-refractivity contribution is -0.389. The maximum Gasteiger partial charge on any atom is 0.290 e. The zero-order chi connectivity index (χ0) is 23.2. The molecular weight excluding hydrogens is 403 g/mol. The maximum atomic E-state index is 13.3. The fraction of sp³-hybridized carbons (Fsp3) is 0.571. The number of hydrogen-bond donors (Lipinski definition) is 0. The molecule has 4 heteroatoms. The molecule has 3 nitrogen and oxygen atoms in total. The molecule has 0 heterocycles. The molecule has 0 aliphatic rings. The largest absolute Gasteiger partial charge is 0.327 e. The van der Waals surface area contributed by atoms with Gasteiger partial charge in [0.1, 0.15) is 5.82 Å². The average Bonchev–Trinajstić information content (AvgIpc) is 2.80. The highest BCUT2D eigenvalue weighted by Gasteiger charge is 2.42. The Kier molecular flexibility index (Phi) is 11.9. The van der Waals surface area contributed by atoms with Crippen molar-refractivity contribution in [2.45, 2.75) is 84.5 Å². The molecule has 32 heavy (non-hydrogen) atoms. The van der Waals surface area contributed by atoms with E-state index in [4.69, 9.17) is 14.2 Å². The molecule has 0 radical (unpaired) electrons. The maximum absolute atomic E-state index is 13.3. The third kappa shape index (κ3) is 7.68. The predicted octanol–water partition coefficient (Wildman–Crippen LogP) is 8.09. The Labute approximate surface area is 194 Å². The molecule has 2 aromatic rings. The van der Waals surface area contributed by atoms with Gasteiger partial charge in [0.2, 0.25) is 0 Å². The molecule has 0 amide bonds. The van der Waals surface area contributed by atoms with Crippen LogP contribution in [0.5, 0.6) is 0 Å². The number of halogens is 1. The van der Waals surface area contributed by atoms with E-state index in [2.05, 4.69) is 31.2 Å². The molecule has 0 saturated heterocycles. The summed E-state index contributed by atoms with van der Waals surface area (Å²) in [5, 5.41) is 0.